The van der Waals surface area contributed by atoms with Gasteiger partial charge in [0.05, 0.1) is 11.0 Å². The van der Waals surface area contributed by atoms with Crippen LogP contribution >= 0.6 is 11.6 Å². The molecule has 136 valence electrons. The first-order valence-electron chi connectivity index (χ1n) is 8.66. The Bertz CT molecular complexity index is 979. The number of likely N-dealkylation sites (tertiary alicyclic amines) is 1. The van der Waals surface area contributed by atoms with Crippen molar-refractivity contribution in [3.8, 4) is 6.01 Å². The van der Waals surface area contributed by atoms with Gasteiger partial charge in [-0.3, -0.25) is 4.57 Å². The molecule has 2 aromatic heterocycles. The van der Waals surface area contributed by atoms with Gasteiger partial charge in [-0.2, -0.15) is 4.98 Å². The minimum absolute atomic E-state index is 0.0666. The van der Waals surface area contributed by atoms with Crippen molar-refractivity contribution in [2.24, 2.45) is 5.92 Å². The fourth-order valence-electron chi connectivity index (χ4n) is 3.72. The lowest BCUT2D eigenvalue weighted by atomic mass is 9.94. The zero-order valence-electron chi connectivity index (χ0n) is 14.1. The van der Waals surface area contributed by atoms with E-state index in [0.717, 1.165) is 35.7 Å². The van der Waals surface area contributed by atoms with Crippen molar-refractivity contribution in [3.63, 3.8) is 0 Å². The average molecular weight is 375 g/mol. The van der Waals surface area contributed by atoms with Gasteiger partial charge >= 0.3 is 6.09 Å². The summed E-state index contributed by atoms with van der Waals surface area (Å²) < 4.78 is 1.79. The summed E-state index contributed by atoms with van der Waals surface area (Å²) in [5, 5.41) is 20.6. The Kier molecular flexibility index (Phi) is 4.32. The Balaban J connectivity index is 1.61. The number of amides is 1. The molecule has 7 nitrogen and oxygen atoms in total. The highest BCUT2D eigenvalue weighted by Crippen LogP contribution is 2.33. The molecule has 1 aliphatic heterocycles. The van der Waals surface area contributed by atoms with Crippen molar-refractivity contribution in [1.82, 2.24) is 19.4 Å². The van der Waals surface area contributed by atoms with Gasteiger partial charge in [0, 0.05) is 25.0 Å². The van der Waals surface area contributed by atoms with Gasteiger partial charge in [-0.1, -0.05) is 29.8 Å². The summed E-state index contributed by atoms with van der Waals surface area (Å²) in [6.45, 7) is 1.73. The number of carboxylic acid groups (broad SMARTS) is 1. The summed E-state index contributed by atoms with van der Waals surface area (Å²) in [5.74, 6) is 0.422. The number of para-hydroxylation sites is 1. The number of hydrogen-bond acceptors (Lipinski definition) is 4. The third kappa shape index (κ3) is 2.92. The molecule has 1 aromatic carbocycles. The van der Waals surface area contributed by atoms with Gasteiger partial charge in [0.1, 0.15) is 5.52 Å². The van der Waals surface area contributed by atoms with Crippen LogP contribution in [0.4, 0.5) is 4.79 Å². The van der Waals surface area contributed by atoms with E-state index in [-0.39, 0.29) is 11.2 Å². The maximum absolute atomic E-state index is 11.0. The second kappa shape index (κ2) is 6.64. The van der Waals surface area contributed by atoms with Crippen LogP contribution in [0.5, 0.6) is 6.01 Å². The van der Waals surface area contributed by atoms with E-state index in [9.17, 15) is 9.90 Å². The number of hydrogen-bond donors (Lipinski definition) is 2. The molecule has 8 heteroatoms. The van der Waals surface area contributed by atoms with Gasteiger partial charge in [0.15, 0.2) is 5.15 Å². The molecule has 0 spiro atoms. The van der Waals surface area contributed by atoms with Crippen LogP contribution in [0.25, 0.3) is 21.9 Å². The van der Waals surface area contributed by atoms with Crippen LogP contribution in [-0.2, 0) is 6.54 Å². The zero-order valence-corrected chi connectivity index (χ0v) is 14.9. The number of pyridine rings is 1. The minimum atomic E-state index is -0.852. The van der Waals surface area contributed by atoms with E-state index in [1.165, 1.54) is 4.90 Å². The molecular formula is C18H19ClN4O3. The van der Waals surface area contributed by atoms with E-state index in [1.807, 2.05) is 24.3 Å². The third-order valence-electron chi connectivity index (χ3n) is 5.17. The first kappa shape index (κ1) is 16.9. The smallest absolute Gasteiger partial charge is 0.407 e. The number of imidazole rings is 1. The highest BCUT2D eigenvalue weighted by Gasteiger charge is 2.23. The average Bonchev–Trinajstić information content (AvgIpc) is 2.97. The van der Waals surface area contributed by atoms with E-state index in [1.54, 1.807) is 4.57 Å². The van der Waals surface area contributed by atoms with Crippen molar-refractivity contribution in [2.75, 3.05) is 13.1 Å². The van der Waals surface area contributed by atoms with Crippen LogP contribution in [-0.4, -0.2) is 48.8 Å². The van der Waals surface area contributed by atoms with Gasteiger partial charge < -0.3 is 15.1 Å². The Hall–Kier alpha value is -2.54. The van der Waals surface area contributed by atoms with Crippen molar-refractivity contribution in [2.45, 2.75) is 25.8 Å². The van der Waals surface area contributed by atoms with Crippen molar-refractivity contribution in [3.05, 3.63) is 29.4 Å². The predicted molar refractivity (Wildman–Crippen MR) is 98.6 cm³/mol. The van der Waals surface area contributed by atoms with Gasteiger partial charge in [-0.15, -0.1) is 0 Å². The quantitative estimate of drug-likeness (QED) is 0.681. The lowest BCUT2D eigenvalue weighted by molar-refractivity contribution is 0.122. The number of fused-ring (bicyclic) bond motifs is 3. The Labute approximate surface area is 154 Å². The van der Waals surface area contributed by atoms with Crippen molar-refractivity contribution < 1.29 is 15.0 Å². The molecule has 3 heterocycles. The van der Waals surface area contributed by atoms with Crippen LogP contribution in [0.3, 0.4) is 0 Å². The van der Waals surface area contributed by atoms with E-state index >= 15 is 0 Å². The number of aromatic nitrogens is 3. The number of benzene rings is 1. The first-order chi connectivity index (χ1) is 12.5. The fourth-order valence-corrected chi connectivity index (χ4v) is 3.95. The summed E-state index contributed by atoms with van der Waals surface area (Å²) in [7, 11) is 0. The topological polar surface area (TPSA) is 91.5 Å². The number of aryl methyl sites for hydroxylation is 1. The van der Waals surface area contributed by atoms with Gasteiger partial charge in [-0.05, 0) is 31.2 Å². The normalized spacial score (nSPS) is 15.8. The molecule has 0 bridgehead atoms. The molecule has 0 saturated carbocycles. The lowest BCUT2D eigenvalue weighted by Crippen LogP contribution is -2.37. The first-order valence-corrected chi connectivity index (χ1v) is 9.03. The van der Waals surface area contributed by atoms with Crippen LogP contribution in [0.1, 0.15) is 19.3 Å². The maximum Gasteiger partial charge on any atom is 0.407 e. The third-order valence-corrected chi connectivity index (χ3v) is 5.43. The molecule has 0 aliphatic carbocycles. The molecule has 1 saturated heterocycles. The van der Waals surface area contributed by atoms with Crippen molar-refractivity contribution in [1.29, 1.82) is 0 Å². The highest BCUT2D eigenvalue weighted by atomic mass is 35.5. The lowest BCUT2D eigenvalue weighted by Gasteiger charge is -2.30. The molecule has 0 atom stereocenters. The summed E-state index contributed by atoms with van der Waals surface area (Å²) >= 11 is 6.26. The standard InChI is InChI=1S/C18H19ClN4O3/c19-16-14-15(12-3-1-2-4-13(12)20-16)23(17(24)21-14)10-7-11-5-8-22(9-6-11)18(25)26/h1-4,11H,5-10H2,(H,21,24)(H,25,26). The number of piperidine rings is 1. The fraction of sp³-hybridized carbons (Fsp3) is 0.389. The van der Waals surface area contributed by atoms with E-state index < -0.39 is 6.09 Å². The molecular weight excluding hydrogens is 356 g/mol. The number of nitrogens with zero attached hydrogens (tertiary/aromatic N) is 4. The zero-order chi connectivity index (χ0) is 18.3. The maximum atomic E-state index is 11.0. The molecule has 0 radical (unpaired) electrons. The molecule has 0 unspecified atom stereocenters. The number of carbonyl (C=O) groups is 1. The number of halogens is 1. The van der Waals surface area contributed by atoms with Crippen LogP contribution in [0.15, 0.2) is 24.3 Å². The Morgan fingerprint density at radius 3 is 2.69 bits per heavy atom. The van der Waals surface area contributed by atoms with Crippen LogP contribution in [0.2, 0.25) is 5.15 Å². The van der Waals surface area contributed by atoms with Crippen LogP contribution < -0.4 is 0 Å². The van der Waals surface area contributed by atoms with Gasteiger partial charge in [0.25, 0.3) is 6.01 Å². The predicted octanol–water partition coefficient (Wildman–Crippen LogP) is 3.72. The SMILES string of the molecule is O=C(O)N1CCC(CCn2c(O)nc3c(Cl)nc4ccccc4c32)CC1. The molecule has 26 heavy (non-hydrogen) atoms. The van der Waals surface area contributed by atoms with E-state index in [2.05, 4.69) is 9.97 Å². The molecule has 1 aliphatic rings. The molecule has 4 rings (SSSR count). The number of aromatic hydroxyl groups is 1. The molecule has 2 N–H and O–H groups in total. The van der Waals surface area contributed by atoms with Crippen molar-refractivity contribution >= 4 is 39.6 Å². The Morgan fingerprint density at radius 1 is 1.23 bits per heavy atom. The summed E-state index contributed by atoms with van der Waals surface area (Å²) in [6.07, 6.45) is 1.67. The summed E-state index contributed by atoms with van der Waals surface area (Å²) in [4.78, 5) is 21.0. The monoisotopic (exact) mass is 374 g/mol. The largest absolute Gasteiger partial charge is 0.480 e. The van der Waals surface area contributed by atoms with Gasteiger partial charge in [0.2, 0.25) is 0 Å². The second-order valence-corrected chi connectivity index (χ2v) is 7.04. The Morgan fingerprint density at radius 2 is 1.96 bits per heavy atom. The summed E-state index contributed by atoms with van der Waals surface area (Å²) in [5.41, 5.74) is 2.06. The van der Waals surface area contributed by atoms with Crippen LogP contribution in [0, 0.1) is 5.92 Å². The van der Waals surface area contributed by atoms with E-state index in [0.29, 0.717) is 31.1 Å². The molecule has 1 amide bonds. The van der Waals surface area contributed by atoms with E-state index in [4.69, 9.17) is 16.7 Å². The summed E-state index contributed by atoms with van der Waals surface area (Å²) in [6, 6.07) is 7.59. The van der Waals surface area contributed by atoms with Gasteiger partial charge in [-0.25, -0.2) is 9.78 Å². The second-order valence-electron chi connectivity index (χ2n) is 6.68. The number of rotatable bonds is 3. The molecule has 1 fully saturated rings. The molecule has 3 aromatic rings. The highest BCUT2D eigenvalue weighted by molar-refractivity contribution is 6.35. The minimum Gasteiger partial charge on any atom is -0.480 e.